The number of unbranched alkanes of at least 4 members (excludes halogenated alkanes) is 1. The second kappa shape index (κ2) is 8.08. The lowest BCUT2D eigenvalue weighted by molar-refractivity contribution is -0.135. The van der Waals surface area contributed by atoms with E-state index in [0.717, 1.165) is 6.42 Å². The van der Waals surface area contributed by atoms with Crippen LogP contribution in [0, 0.1) is 0 Å². The molecule has 20 heavy (non-hydrogen) atoms. The van der Waals surface area contributed by atoms with Crippen molar-refractivity contribution in [3.63, 3.8) is 0 Å². The van der Waals surface area contributed by atoms with Crippen LogP contribution in [0.3, 0.4) is 0 Å². The molecule has 2 N–H and O–H groups in total. The Kier molecular flexibility index (Phi) is 6.77. The van der Waals surface area contributed by atoms with Crippen molar-refractivity contribution in [1.29, 1.82) is 0 Å². The van der Waals surface area contributed by atoms with E-state index < -0.39 is 12.6 Å². The molecule has 0 aliphatic rings. The second-order valence-corrected chi connectivity index (χ2v) is 4.52. The maximum atomic E-state index is 12.0. The van der Waals surface area contributed by atoms with Gasteiger partial charge >= 0.3 is 6.18 Å². The Labute approximate surface area is 120 Å². The van der Waals surface area contributed by atoms with Gasteiger partial charge in [-0.15, -0.1) is 0 Å². The fraction of sp³-hybridized carbons (Fsp3) is 0.727. The van der Waals surface area contributed by atoms with Gasteiger partial charge in [0.2, 0.25) is 17.2 Å². The first-order valence-electron chi connectivity index (χ1n) is 6.37. The van der Waals surface area contributed by atoms with Crippen molar-refractivity contribution in [3.05, 3.63) is 5.28 Å². The number of rotatable bonds is 8. The van der Waals surface area contributed by atoms with E-state index in [1.807, 2.05) is 6.92 Å². The Hall–Kier alpha value is -1.31. The summed E-state index contributed by atoms with van der Waals surface area (Å²) < 4.78 is 35.9. The van der Waals surface area contributed by atoms with Gasteiger partial charge in [0.05, 0.1) is 0 Å². The molecule has 0 aliphatic heterocycles. The van der Waals surface area contributed by atoms with Gasteiger partial charge in [-0.1, -0.05) is 6.92 Å². The van der Waals surface area contributed by atoms with Gasteiger partial charge in [-0.25, -0.2) is 0 Å². The molecule has 0 radical (unpaired) electrons. The Morgan fingerprint density at radius 1 is 1.00 bits per heavy atom. The summed E-state index contributed by atoms with van der Waals surface area (Å²) in [5, 5.41) is 5.83. The number of hydrogen-bond donors (Lipinski definition) is 2. The van der Waals surface area contributed by atoms with Gasteiger partial charge in [-0.3, -0.25) is 0 Å². The van der Waals surface area contributed by atoms with Gasteiger partial charge in [0, 0.05) is 19.5 Å². The van der Waals surface area contributed by atoms with Crippen molar-refractivity contribution < 1.29 is 13.2 Å². The first kappa shape index (κ1) is 16.7. The van der Waals surface area contributed by atoms with Crippen LogP contribution in [-0.4, -0.2) is 34.2 Å². The predicted molar refractivity (Wildman–Crippen MR) is 72.0 cm³/mol. The van der Waals surface area contributed by atoms with Crippen LogP contribution >= 0.6 is 11.6 Å². The molecule has 0 fully saturated rings. The topological polar surface area (TPSA) is 62.7 Å². The van der Waals surface area contributed by atoms with Crippen molar-refractivity contribution in [1.82, 2.24) is 15.0 Å². The molecule has 1 aromatic rings. The summed E-state index contributed by atoms with van der Waals surface area (Å²) in [4.78, 5) is 11.8. The fourth-order valence-corrected chi connectivity index (χ4v) is 1.56. The minimum Gasteiger partial charge on any atom is -0.354 e. The molecular weight excluding hydrogens is 295 g/mol. The zero-order valence-electron chi connectivity index (χ0n) is 11.1. The van der Waals surface area contributed by atoms with Crippen LogP contribution in [0.25, 0.3) is 0 Å². The molecule has 0 aliphatic carbocycles. The third-order valence-electron chi connectivity index (χ3n) is 2.31. The summed E-state index contributed by atoms with van der Waals surface area (Å²) in [6, 6.07) is 0. The average molecular weight is 312 g/mol. The lowest BCUT2D eigenvalue weighted by atomic mass is 10.2. The van der Waals surface area contributed by atoms with Crippen molar-refractivity contribution in [2.45, 2.75) is 38.8 Å². The number of halogens is 4. The van der Waals surface area contributed by atoms with Crippen LogP contribution in [0.2, 0.25) is 5.28 Å². The summed E-state index contributed by atoms with van der Waals surface area (Å²) >= 11 is 5.74. The Morgan fingerprint density at radius 3 is 2.15 bits per heavy atom. The second-order valence-electron chi connectivity index (χ2n) is 4.18. The van der Waals surface area contributed by atoms with Crippen LogP contribution in [0.4, 0.5) is 25.1 Å². The number of nitrogens with zero attached hydrogens (tertiary/aromatic N) is 3. The van der Waals surface area contributed by atoms with E-state index in [-0.39, 0.29) is 17.7 Å². The summed E-state index contributed by atoms with van der Waals surface area (Å²) in [6.45, 7) is 3.05. The van der Waals surface area contributed by atoms with E-state index in [2.05, 4.69) is 25.6 Å². The molecule has 0 unspecified atom stereocenters. The standard InChI is InChI=1S/C11H17ClF3N5/c1-2-6-16-9-18-8(12)19-10(20-9)17-7-4-3-5-11(13,14)15/h2-7H2,1H3,(H2,16,17,18,19,20). The van der Waals surface area contributed by atoms with Gasteiger partial charge in [0.15, 0.2) is 0 Å². The first-order chi connectivity index (χ1) is 9.40. The summed E-state index contributed by atoms with van der Waals surface area (Å²) in [5.41, 5.74) is 0. The third-order valence-corrected chi connectivity index (χ3v) is 2.48. The van der Waals surface area contributed by atoms with E-state index >= 15 is 0 Å². The minimum absolute atomic E-state index is 0.0383. The molecule has 0 bridgehead atoms. The fourth-order valence-electron chi connectivity index (χ4n) is 1.40. The maximum Gasteiger partial charge on any atom is 0.389 e. The molecule has 0 spiro atoms. The van der Waals surface area contributed by atoms with Crippen molar-refractivity contribution >= 4 is 23.5 Å². The largest absolute Gasteiger partial charge is 0.389 e. The smallest absolute Gasteiger partial charge is 0.354 e. The van der Waals surface area contributed by atoms with Gasteiger partial charge in [0.25, 0.3) is 0 Å². The van der Waals surface area contributed by atoms with Crippen LogP contribution in [0.15, 0.2) is 0 Å². The van der Waals surface area contributed by atoms with E-state index in [9.17, 15) is 13.2 Å². The molecule has 1 aromatic heterocycles. The molecular formula is C11H17ClF3N5. The molecule has 9 heteroatoms. The minimum atomic E-state index is -4.10. The molecule has 0 amide bonds. The highest BCUT2D eigenvalue weighted by molar-refractivity contribution is 6.28. The third kappa shape index (κ3) is 7.32. The van der Waals surface area contributed by atoms with Crippen LogP contribution in [-0.2, 0) is 0 Å². The van der Waals surface area contributed by atoms with Crippen LogP contribution < -0.4 is 10.6 Å². The van der Waals surface area contributed by atoms with E-state index in [1.54, 1.807) is 0 Å². The highest BCUT2D eigenvalue weighted by atomic mass is 35.5. The highest BCUT2D eigenvalue weighted by Gasteiger charge is 2.25. The quantitative estimate of drug-likeness (QED) is 0.720. The highest BCUT2D eigenvalue weighted by Crippen LogP contribution is 2.22. The lowest BCUT2D eigenvalue weighted by Crippen LogP contribution is -2.12. The Bertz CT molecular complexity index is 414. The number of alkyl halides is 3. The van der Waals surface area contributed by atoms with E-state index in [0.29, 0.717) is 25.5 Å². The zero-order chi connectivity index (χ0) is 15.0. The summed E-state index contributed by atoms with van der Waals surface area (Å²) in [6.07, 6.45) is -3.54. The first-order valence-corrected chi connectivity index (χ1v) is 6.74. The van der Waals surface area contributed by atoms with Gasteiger partial charge in [-0.2, -0.15) is 28.1 Å². The van der Waals surface area contributed by atoms with Crippen LogP contribution in [0.5, 0.6) is 0 Å². The molecule has 1 rings (SSSR count). The van der Waals surface area contributed by atoms with E-state index in [4.69, 9.17) is 11.6 Å². The number of aromatic nitrogens is 3. The zero-order valence-corrected chi connectivity index (χ0v) is 11.9. The molecule has 5 nitrogen and oxygen atoms in total. The SMILES string of the molecule is CCCNc1nc(Cl)nc(NCCCCC(F)(F)F)n1. The van der Waals surface area contributed by atoms with Crippen molar-refractivity contribution in [3.8, 4) is 0 Å². The summed E-state index contributed by atoms with van der Waals surface area (Å²) in [7, 11) is 0. The maximum absolute atomic E-state index is 12.0. The van der Waals surface area contributed by atoms with Gasteiger partial charge in [0.1, 0.15) is 0 Å². The number of hydrogen-bond acceptors (Lipinski definition) is 5. The molecule has 0 aromatic carbocycles. The summed E-state index contributed by atoms with van der Waals surface area (Å²) in [5.74, 6) is 0.611. The van der Waals surface area contributed by atoms with E-state index in [1.165, 1.54) is 0 Å². The normalized spacial score (nSPS) is 11.4. The van der Waals surface area contributed by atoms with Crippen molar-refractivity contribution in [2.75, 3.05) is 23.7 Å². The number of nitrogens with one attached hydrogen (secondary N) is 2. The Morgan fingerprint density at radius 2 is 1.60 bits per heavy atom. The molecule has 0 saturated heterocycles. The number of anilines is 2. The Balaban J connectivity index is 2.37. The average Bonchev–Trinajstić information content (AvgIpc) is 2.34. The van der Waals surface area contributed by atoms with Crippen LogP contribution in [0.1, 0.15) is 32.6 Å². The molecule has 1 heterocycles. The van der Waals surface area contributed by atoms with Gasteiger partial charge < -0.3 is 10.6 Å². The predicted octanol–water partition coefficient (Wildman–Crippen LogP) is 3.49. The molecule has 0 atom stereocenters. The monoisotopic (exact) mass is 311 g/mol. The molecule has 114 valence electrons. The lowest BCUT2D eigenvalue weighted by Gasteiger charge is -2.08. The van der Waals surface area contributed by atoms with Crippen molar-refractivity contribution in [2.24, 2.45) is 0 Å². The molecule has 0 saturated carbocycles. The van der Waals surface area contributed by atoms with Gasteiger partial charge in [-0.05, 0) is 30.9 Å².